The van der Waals surface area contributed by atoms with Crippen LogP contribution in [0.15, 0.2) is 0 Å². The van der Waals surface area contributed by atoms with E-state index in [9.17, 15) is 5.11 Å². The summed E-state index contributed by atoms with van der Waals surface area (Å²) in [6.45, 7) is 8.55. The molecule has 1 heteroatoms. The lowest BCUT2D eigenvalue weighted by Gasteiger charge is -2.37. The number of hydrogen-bond acceptors (Lipinski definition) is 1. The van der Waals surface area contributed by atoms with Gasteiger partial charge in [-0.2, -0.15) is 0 Å². The van der Waals surface area contributed by atoms with E-state index >= 15 is 0 Å². The van der Waals surface area contributed by atoms with Crippen LogP contribution in [0.5, 0.6) is 0 Å². The van der Waals surface area contributed by atoms with Crippen molar-refractivity contribution in [3.05, 3.63) is 0 Å². The first-order chi connectivity index (χ1) is 5.79. The minimum absolute atomic E-state index is 0.474. The molecule has 0 aromatic rings. The fourth-order valence-corrected chi connectivity index (χ4v) is 2.74. The van der Waals surface area contributed by atoms with Gasteiger partial charge in [0.25, 0.3) is 0 Å². The summed E-state index contributed by atoms with van der Waals surface area (Å²) in [5.41, 5.74) is 0.0340. The average Bonchev–Trinajstić information content (AvgIpc) is 1.79. The first kappa shape index (κ1) is 11.0. The summed E-state index contributed by atoms with van der Waals surface area (Å²) in [7, 11) is 0. The Hall–Kier alpha value is -0.0400. The van der Waals surface area contributed by atoms with Gasteiger partial charge in [0, 0.05) is 0 Å². The van der Waals surface area contributed by atoms with Crippen molar-refractivity contribution in [3.63, 3.8) is 0 Å². The van der Waals surface area contributed by atoms with Gasteiger partial charge < -0.3 is 5.11 Å². The molecule has 1 N–H and O–H groups in total. The van der Waals surface area contributed by atoms with Crippen LogP contribution in [0.25, 0.3) is 0 Å². The van der Waals surface area contributed by atoms with Crippen molar-refractivity contribution >= 4 is 0 Å². The van der Waals surface area contributed by atoms with Crippen molar-refractivity contribution in [2.24, 2.45) is 11.3 Å². The zero-order chi connectivity index (χ0) is 10.1. The molecule has 1 unspecified atom stereocenters. The van der Waals surface area contributed by atoms with Crippen LogP contribution in [-0.4, -0.2) is 10.7 Å². The van der Waals surface area contributed by atoms with E-state index in [1.54, 1.807) is 0 Å². The van der Waals surface area contributed by atoms with Crippen LogP contribution in [0.2, 0.25) is 0 Å². The molecule has 0 saturated heterocycles. The summed E-state index contributed by atoms with van der Waals surface area (Å²) in [5.74, 6) is 0.740. The highest BCUT2D eigenvalue weighted by molar-refractivity contribution is 4.82. The van der Waals surface area contributed by atoms with Gasteiger partial charge in [0.2, 0.25) is 0 Å². The lowest BCUT2D eigenvalue weighted by Crippen LogP contribution is -2.29. The molecule has 0 heterocycles. The Balaban J connectivity index is 2.44. The molecular formula is C12H24O. The van der Waals surface area contributed by atoms with Gasteiger partial charge in [0.15, 0.2) is 0 Å². The molecule has 0 aliphatic heterocycles. The molecular weight excluding hydrogens is 160 g/mol. The molecule has 1 aliphatic carbocycles. The van der Waals surface area contributed by atoms with E-state index in [0.29, 0.717) is 5.41 Å². The normalized spacial score (nSPS) is 28.8. The monoisotopic (exact) mass is 184 g/mol. The van der Waals surface area contributed by atoms with Crippen LogP contribution in [0.4, 0.5) is 0 Å². The highest BCUT2D eigenvalue weighted by Gasteiger charge is 2.30. The molecule has 0 amide bonds. The Kier molecular flexibility index (Phi) is 3.06. The van der Waals surface area contributed by atoms with E-state index in [1.165, 1.54) is 25.7 Å². The minimum Gasteiger partial charge on any atom is -0.390 e. The van der Waals surface area contributed by atoms with Crippen molar-refractivity contribution in [1.82, 2.24) is 0 Å². The highest BCUT2D eigenvalue weighted by atomic mass is 16.3. The molecule has 1 fully saturated rings. The second-order valence-corrected chi connectivity index (χ2v) is 6.14. The van der Waals surface area contributed by atoms with Crippen molar-refractivity contribution in [1.29, 1.82) is 0 Å². The first-order valence-corrected chi connectivity index (χ1v) is 5.51. The summed E-state index contributed by atoms with van der Waals surface area (Å²) in [6, 6.07) is 0. The molecule has 1 saturated carbocycles. The fourth-order valence-electron chi connectivity index (χ4n) is 2.74. The van der Waals surface area contributed by atoms with Gasteiger partial charge in [-0.15, -0.1) is 0 Å². The van der Waals surface area contributed by atoms with Crippen LogP contribution in [0.1, 0.15) is 59.8 Å². The molecule has 0 radical (unpaired) electrons. The smallest absolute Gasteiger partial charge is 0.0594 e. The lowest BCUT2D eigenvalue weighted by molar-refractivity contribution is 0.0322. The minimum atomic E-state index is -0.474. The van der Waals surface area contributed by atoms with Gasteiger partial charge in [-0.3, -0.25) is 0 Å². The molecule has 0 aromatic carbocycles. The summed E-state index contributed by atoms with van der Waals surface area (Å²) in [6.07, 6.45) is 6.27. The summed E-state index contributed by atoms with van der Waals surface area (Å²) < 4.78 is 0. The Morgan fingerprint density at radius 2 is 2.00 bits per heavy atom. The van der Waals surface area contributed by atoms with E-state index in [1.807, 2.05) is 13.8 Å². The zero-order valence-electron chi connectivity index (χ0n) is 9.56. The van der Waals surface area contributed by atoms with Gasteiger partial charge in [0.1, 0.15) is 0 Å². The SMILES string of the molecule is CC(C)(O)CC1CCCC(C)(C)C1. The molecule has 1 nitrogen and oxygen atoms in total. The molecule has 0 spiro atoms. The maximum absolute atomic E-state index is 9.74. The van der Waals surface area contributed by atoms with Gasteiger partial charge in [-0.05, 0) is 44.4 Å². The molecule has 0 aromatic heterocycles. The Morgan fingerprint density at radius 3 is 2.46 bits per heavy atom. The first-order valence-electron chi connectivity index (χ1n) is 5.51. The predicted octanol–water partition coefficient (Wildman–Crippen LogP) is 3.36. The van der Waals surface area contributed by atoms with E-state index < -0.39 is 5.60 Å². The van der Waals surface area contributed by atoms with Crippen LogP contribution in [0.3, 0.4) is 0 Å². The second kappa shape index (κ2) is 3.61. The Morgan fingerprint density at radius 1 is 1.38 bits per heavy atom. The third kappa shape index (κ3) is 4.12. The summed E-state index contributed by atoms with van der Waals surface area (Å²) in [5, 5.41) is 9.74. The predicted molar refractivity (Wildman–Crippen MR) is 56.7 cm³/mol. The fraction of sp³-hybridized carbons (Fsp3) is 1.00. The van der Waals surface area contributed by atoms with Crippen molar-refractivity contribution in [3.8, 4) is 0 Å². The van der Waals surface area contributed by atoms with Crippen molar-refractivity contribution in [2.45, 2.75) is 65.4 Å². The van der Waals surface area contributed by atoms with Crippen LogP contribution in [-0.2, 0) is 0 Å². The maximum Gasteiger partial charge on any atom is 0.0594 e. The lowest BCUT2D eigenvalue weighted by atomic mass is 9.70. The third-order valence-corrected chi connectivity index (χ3v) is 3.10. The van der Waals surface area contributed by atoms with Crippen molar-refractivity contribution < 1.29 is 5.11 Å². The standard InChI is InChI=1S/C12H24O/c1-11(2)7-5-6-10(8-11)9-12(3,4)13/h10,13H,5-9H2,1-4H3. The third-order valence-electron chi connectivity index (χ3n) is 3.10. The molecule has 0 bridgehead atoms. The summed E-state index contributed by atoms with van der Waals surface area (Å²) >= 11 is 0. The molecule has 78 valence electrons. The molecule has 1 rings (SSSR count). The number of aliphatic hydroxyl groups is 1. The largest absolute Gasteiger partial charge is 0.390 e. The van der Waals surface area contributed by atoms with Crippen LogP contribution in [0, 0.1) is 11.3 Å². The quantitative estimate of drug-likeness (QED) is 0.697. The molecule has 13 heavy (non-hydrogen) atoms. The van der Waals surface area contributed by atoms with E-state index in [0.717, 1.165) is 12.3 Å². The number of hydrogen-bond donors (Lipinski definition) is 1. The topological polar surface area (TPSA) is 20.2 Å². The molecule has 1 atom stereocenters. The van der Waals surface area contributed by atoms with E-state index in [2.05, 4.69) is 13.8 Å². The highest BCUT2D eigenvalue weighted by Crippen LogP contribution is 2.41. The van der Waals surface area contributed by atoms with Gasteiger partial charge in [0.05, 0.1) is 5.60 Å². The van der Waals surface area contributed by atoms with Crippen LogP contribution >= 0.6 is 0 Å². The van der Waals surface area contributed by atoms with Crippen molar-refractivity contribution in [2.75, 3.05) is 0 Å². The Bertz CT molecular complexity index is 162. The average molecular weight is 184 g/mol. The van der Waals surface area contributed by atoms with Gasteiger partial charge in [-0.25, -0.2) is 0 Å². The van der Waals surface area contributed by atoms with Crippen LogP contribution < -0.4 is 0 Å². The maximum atomic E-state index is 9.74. The van der Waals surface area contributed by atoms with Gasteiger partial charge in [-0.1, -0.05) is 26.7 Å². The van der Waals surface area contributed by atoms with E-state index in [4.69, 9.17) is 0 Å². The molecule has 1 aliphatic rings. The Labute approximate surface area is 82.5 Å². The summed E-state index contributed by atoms with van der Waals surface area (Å²) in [4.78, 5) is 0. The van der Waals surface area contributed by atoms with Gasteiger partial charge >= 0.3 is 0 Å². The zero-order valence-corrected chi connectivity index (χ0v) is 9.56. The van der Waals surface area contributed by atoms with E-state index in [-0.39, 0.29) is 0 Å². The second-order valence-electron chi connectivity index (χ2n) is 6.14. The number of rotatable bonds is 2.